The first-order valence-electron chi connectivity index (χ1n) is 3.74. The van der Waals surface area contributed by atoms with Crippen LogP contribution in [0.5, 0.6) is 0 Å². The Labute approximate surface area is 83.5 Å². The molecule has 1 aromatic rings. The number of ketones is 1. The Hall–Kier alpha value is -1.03. The first-order chi connectivity index (χ1) is 6.38. The molecule has 14 heavy (non-hydrogen) atoms. The number of carbonyl (C=O) groups excluding carboxylic acids is 1. The van der Waals surface area contributed by atoms with E-state index in [1.807, 2.05) is 0 Å². The van der Waals surface area contributed by atoms with Gasteiger partial charge in [0.15, 0.2) is 5.78 Å². The zero-order valence-corrected chi connectivity index (χ0v) is 7.69. The summed E-state index contributed by atoms with van der Waals surface area (Å²) in [7, 11) is 0. The average molecular weight is 223 g/mol. The highest BCUT2D eigenvalue weighted by Crippen LogP contribution is 2.23. The molecule has 1 rings (SSSR count). The Kier molecular flexibility index (Phi) is 3.16. The molecule has 0 N–H and O–H groups in total. The molecule has 0 aliphatic rings. The van der Waals surface area contributed by atoms with Crippen molar-refractivity contribution in [3.8, 4) is 0 Å². The molecule has 0 saturated heterocycles. The number of benzene rings is 1. The summed E-state index contributed by atoms with van der Waals surface area (Å²) in [6.45, 7) is 0. The van der Waals surface area contributed by atoms with E-state index in [0.29, 0.717) is 0 Å². The van der Waals surface area contributed by atoms with Crippen LogP contribution in [0.2, 0.25) is 5.02 Å². The number of alkyl halides is 3. The SMILES string of the molecule is O=C(CC(F)(F)F)c1cccc(Cl)c1. The summed E-state index contributed by atoms with van der Waals surface area (Å²) < 4.78 is 35.5. The van der Waals surface area contributed by atoms with Crippen molar-refractivity contribution in [1.82, 2.24) is 0 Å². The van der Waals surface area contributed by atoms with Gasteiger partial charge in [-0.15, -0.1) is 0 Å². The molecular weight excluding hydrogens is 217 g/mol. The molecule has 1 nitrogen and oxygen atoms in total. The molecule has 0 saturated carbocycles. The van der Waals surface area contributed by atoms with Gasteiger partial charge in [-0.2, -0.15) is 13.2 Å². The van der Waals surface area contributed by atoms with Gasteiger partial charge in [0, 0.05) is 10.6 Å². The first kappa shape index (κ1) is 11.0. The van der Waals surface area contributed by atoms with Gasteiger partial charge in [0.25, 0.3) is 0 Å². The number of Topliss-reactive ketones (excluding diaryl/α,β-unsaturated/α-hetero) is 1. The smallest absolute Gasteiger partial charge is 0.294 e. The van der Waals surface area contributed by atoms with Gasteiger partial charge < -0.3 is 0 Å². The van der Waals surface area contributed by atoms with Gasteiger partial charge in [-0.05, 0) is 12.1 Å². The number of hydrogen-bond acceptors (Lipinski definition) is 1. The standard InChI is InChI=1S/C9H6ClF3O/c10-7-3-1-2-6(4-7)8(14)5-9(11,12)13/h1-4H,5H2. The topological polar surface area (TPSA) is 17.1 Å². The Morgan fingerprint density at radius 2 is 2.00 bits per heavy atom. The number of hydrogen-bond donors (Lipinski definition) is 0. The third-order valence-corrected chi connectivity index (χ3v) is 1.74. The van der Waals surface area contributed by atoms with Crippen LogP contribution in [-0.4, -0.2) is 12.0 Å². The van der Waals surface area contributed by atoms with E-state index in [0.717, 1.165) is 0 Å². The maximum absolute atomic E-state index is 11.8. The molecule has 0 amide bonds. The van der Waals surface area contributed by atoms with E-state index in [1.165, 1.54) is 24.3 Å². The fourth-order valence-electron chi connectivity index (χ4n) is 0.946. The van der Waals surface area contributed by atoms with Gasteiger partial charge in [0.05, 0.1) is 0 Å². The second kappa shape index (κ2) is 4.00. The van der Waals surface area contributed by atoms with E-state index in [1.54, 1.807) is 0 Å². The molecule has 0 unspecified atom stereocenters. The molecule has 0 aromatic heterocycles. The first-order valence-corrected chi connectivity index (χ1v) is 4.12. The van der Waals surface area contributed by atoms with Gasteiger partial charge in [-0.1, -0.05) is 23.7 Å². The predicted octanol–water partition coefficient (Wildman–Crippen LogP) is 3.48. The lowest BCUT2D eigenvalue weighted by atomic mass is 10.1. The van der Waals surface area contributed by atoms with Crippen LogP contribution < -0.4 is 0 Å². The Morgan fingerprint density at radius 1 is 1.36 bits per heavy atom. The Morgan fingerprint density at radius 3 is 2.50 bits per heavy atom. The van der Waals surface area contributed by atoms with Crippen molar-refractivity contribution in [3.05, 3.63) is 34.9 Å². The summed E-state index contributed by atoms with van der Waals surface area (Å²) in [5, 5.41) is 0.248. The maximum Gasteiger partial charge on any atom is 0.396 e. The maximum atomic E-state index is 11.8. The minimum absolute atomic E-state index is 0.0187. The highest BCUT2D eigenvalue weighted by molar-refractivity contribution is 6.31. The monoisotopic (exact) mass is 222 g/mol. The number of carbonyl (C=O) groups is 1. The van der Waals surface area contributed by atoms with Gasteiger partial charge >= 0.3 is 6.18 Å². The van der Waals surface area contributed by atoms with Crippen LogP contribution in [-0.2, 0) is 0 Å². The summed E-state index contributed by atoms with van der Waals surface area (Å²) in [6, 6.07) is 5.45. The largest absolute Gasteiger partial charge is 0.396 e. The molecule has 0 bridgehead atoms. The van der Waals surface area contributed by atoms with E-state index >= 15 is 0 Å². The lowest BCUT2D eigenvalue weighted by Crippen LogP contribution is -2.14. The second-order valence-corrected chi connectivity index (χ2v) is 3.16. The predicted molar refractivity (Wildman–Crippen MR) is 46.5 cm³/mol. The van der Waals surface area contributed by atoms with Crippen molar-refractivity contribution in [3.63, 3.8) is 0 Å². The third-order valence-electron chi connectivity index (χ3n) is 1.51. The minimum Gasteiger partial charge on any atom is -0.294 e. The van der Waals surface area contributed by atoms with Crippen LogP contribution in [0.1, 0.15) is 16.8 Å². The molecule has 5 heteroatoms. The fourth-order valence-corrected chi connectivity index (χ4v) is 1.14. The molecule has 0 spiro atoms. The summed E-state index contributed by atoms with van der Waals surface area (Å²) in [5.74, 6) is -0.972. The molecule has 0 aliphatic heterocycles. The highest BCUT2D eigenvalue weighted by atomic mass is 35.5. The van der Waals surface area contributed by atoms with Crippen molar-refractivity contribution in [2.75, 3.05) is 0 Å². The normalized spacial score (nSPS) is 11.4. The summed E-state index contributed by atoms with van der Waals surface area (Å²) >= 11 is 5.53. The molecule has 0 atom stereocenters. The summed E-state index contributed by atoms with van der Waals surface area (Å²) in [5.41, 5.74) is -0.0187. The summed E-state index contributed by atoms with van der Waals surface area (Å²) in [4.78, 5) is 11.0. The molecule has 0 radical (unpaired) electrons. The zero-order valence-electron chi connectivity index (χ0n) is 6.94. The fraction of sp³-hybridized carbons (Fsp3) is 0.222. The van der Waals surface area contributed by atoms with Gasteiger partial charge in [-0.25, -0.2) is 0 Å². The lowest BCUT2D eigenvalue weighted by Gasteiger charge is -2.05. The van der Waals surface area contributed by atoms with Crippen molar-refractivity contribution >= 4 is 17.4 Å². The van der Waals surface area contributed by atoms with Crippen molar-refractivity contribution in [1.29, 1.82) is 0 Å². The Bertz CT molecular complexity index is 346. The second-order valence-electron chi connectivity index (χ2n) is 2.73. The van der Waals surface area contributed by atoms with E-state index in [2.05, 4.69) is 0 Å². The molecule has 76 valence electrons. The van der Waals surface area contributed by atoms with Crippen molar-refractivity contribution in [2.24, 2.45) is 0 Å². The third kappa shape index (κ3) is 3.38. The number of halogens is 4. The van der Waals surface area contributed by atoms with Crippen LogP contribution in [0.15, 0.2) is 24.3 Å². The van der Waals surface area contributed by atoms with Crippen LogP contribution in [0, 0.1) is 0 Å². The number of rotatable bonds is 2. The summed E-state index contributed by atoms with van der Waals surface area (Å²) in [6.07, 6.45) is -5.92. The van der Waals surface area contributed by atoms with Gasteiger partial charge in [-0.3, -0.25) is 4.79 Å². The van der Waals surface area contributed by atoms with Crippen LogP contribution in [0.4, 0.5) is 13.2 Å². The van der Waals surface area contributed by atoms with E-state index < -0.39 is 18.4 Å². The molecular formula is C9H6ClF3O. The van der Waals surface area contributed by atoms with Crippen molar-refractivity contribution < 1.29 is 18.0 Å². The molecule has 0 fully saturated rings. The molecule has 1 aromatic carbocycles. The van der Waals surface area contributed by atoms with Crippen LogP contribution in [0.25, 0.3) is 0 Å². The van der Waals surface area contributed by atoms with Crippen molar-refractivity contribution in [2.45, 2.75) is 12.6 Å². The molecule has 0 aliphatic carbocycles. The Balaban J connectivity index is 2.80. The average Bonchev–Trinajstić information content (AvgIpc) is 2.01. The van der Waals surface area contributed by atoms with Gasteiger partial charge in [0.2, 0.25) is 0 Å². The quantitative estimate of drug-likeness (QED) is 0.701. The van der Waals surface area contributed by atoms with Crippen LogP contribution in [0.3, 0.4) is 0 Å². The molecule has 0 heterocycles. The zero-order chi connectivity index (χ0) is 10.8. The lowest BCUT2D eigenvalue weighted by molar-refractivity contribution is -0.125. The van der Waals surface area contributed by atoms with Crippen LogP contribution >= 0.6 is 11.6 Å². The van der Waals surface area contributed by atoms with E-state index in [4.69, 9.17) is 11.6 Å². The van der Waals surface area contributed by atoms with Gasteiger partial charge in [0.1, 0.15) is 6.42 Å². The minimum atomic E-state index is -4.47. The highest BCUT2D eigenvalue weighted by Gasteiger charge is 2.31. The van der Waals surface area contributed by atoms with E-state index in [9.17, 15) is 18.0 Å². The van der Waals surface area contributed by atoms with E-state index in [-0.39, 0.29) is 10.6 Å².